The number of nitrogens with zero attached hydrogens (tertiary/aromatic N) is 2. The molecule has 0 radical (unpaired) electrons. The summed E-state index contributed by atoms with van der Waals surface area (Å²) in [6, 6.07) is 0.181. The average molecular weight is 256 g/mol. The molecule has 0 aliphatic rings. The fourth-order valence-electron chi connectivity index (χ4n) is 1.47. The third-order valence-corrected chi connectivity index (χ3v) is 3.03. The molecule has 0 saturated heterocycles. The second kappa shape index (κ2) is 6.56. The summed E-state index contributed by atoms with van der Waals surface area (Å²) < 4.78 is 0. The summed E-state index contributed by atoms with van der Waals surface area (Å²) in [5.74, 6) is 0.0549. The first-order valence-electron chi connectivity index (χ1n) is 5.73. The van der Waals surface area contributed by atoms with Gasteiger partial charge in [0.15, 0.2) is 5.13 Å². The normalized spacial score (nSPS) is 11.1. The third kappa shape index (κ3) is 5.14. The summed E-state index contributed by atoms with van der Waals surface area (Å²) in [4.78, 5) is 18.8. The van der Waals surface area contributed by atoms with Crippen LogP contribution in [0.4, 0.5) is 5.13 Å². The fourth-order valence-corrected chi connectivity index (χ4v) is 2.19. The maximum absolute atomic E-state index is 11.6. The Morgan fingerprint density at radius 3 is 2.82 bits per heavy atom. The molecule has 0 spiro atoms. The van der Waals surface area contributed by atoms with Crippen molar-refractivity contribution in [2.75, 3.05) is 18.8 Å². The van der Waals surface area contributed by atoms with Gasteiger partial charge in [-0.2, -0.15) is 0 Å². The number of nitrogen functional groups attached to an aromatic ring is 1. The van der Waals surface area contributed by atoms with Gasteiger partial charge in [-0.3, -0.25) is 9.69 Å². The fraction of sp³-hybridized carbons (Fsp3) is 0.636. The van der Waals surface area contributed by atoms with E-state index < -0.39 is 0 Å². The van der Waals surface area contributed by atoms with Crippen LogP contribution >= 0.6 is 11.3 Å². The first-order valence-corrected chi connectivity index (χ1v) is 6.54. The van der Waals surface area contributed by atoms with Crippen LogP contribution in [-0.4, -0.2) is 34.9 Å². The zero-order valence-electron chi connectivity index (χ0n) is 10.6. The van der Waals surface area contributed by atoms with E-state index in [9.17, 15) is 4.79 Å². The lowest BCUT2D eigenvalue weighted by molar-refractivity contribution is -0.122. The molecule has 0 unspecified atom stereocenters. The summed E-state index contributed by atoms with van der Waals surface area (Å²) >= 11 is 1.47. The van der Waals surface area contributed by atoms with Gasteiger partial charge in [0.05, 0.1) is 6.54 Å². The molecule has 1 amide bonds. The lowest BCUT2D eigenvalue weighted by Gasteiger charge is -2.19. The molecule has 1 heterocycles. The molecule has 17 heavy (non-hydrogen) atoms. The van der Waals surface area contributed by atoms with Crippen LogP contribution in [0.25, 0.3) is 0 Å². The van der Waals surface area contributed by atoms with E-state index >= 15 is 0 Å². The maximum Gasteiger partial charge on any atom is 0.234 e. The van der Waals surface area contributed by atoms with Gasteiger partial charge in [-0.25, -0.2) is 4.98 Å². The van der Waals surface area contributed by atoms with Gasteiger partial charge in [-0.05, 0) is 20.4 Å². The molecule has 0 aromatic carbocycles. The molecule has 0 bridgehead atoms. The minimum Gasteiger partial charge on any atom is -0.375 e. The first kappa shape index (κ1) is 13.9. The Labute approximate surface area is 106 Å². The zero-order chi connectivity index (χ0) is 12.8. The molecule has 1 aromatic heterocycles. The Hall–Kier alpha value is -1.14. The van der Waals surface area contributed by atoms with Gasteiger partial charge in [0, 0.05) is 23.7 Å². The van der Waals surface area contributed by atoms with Crippen LogP contribution in [0.15, 0.2) is 6.20 Å². The van der Waals surface area contributed by atoms with Gasteiger partial charge >= 0.3 is 0 Å². The number of hydrogen-bond donors (Lipinski definition) is 2. The van der Waals surface area contributed by atoms with E-state index in [1.165, 1.54) is 11.3 Å². The van der Waals surface area contributed by atoms with Gasteiger partial charge in [0.2, 0.25) is 5.91 Å². The lowest BCUT2D eigenvalue weighted by Crippen LogP contribution is -2.39. The number of carbonyl (C=O) groups is 1. The number of rotatable bonds is 6. The Kier molecular flexibility index (Phi) is 5.37. The second-order valence-corrected chi connectivity index (χ2v) is 5.34. The van der Waals surface area contributed by atoms with Gasteiger partial charge in [0.1, 0.15) is 0 Å². The van der Waals surface area contributed by atoms with Crippen molar-refractivity contribution in [2.24, 2.45) is 0 Å². The standard InChI is InChI=1S/C11H20N4OS/c1-4-15(7-10(16)14-8(2)3)6-9-5-13-11(12)17-9/h5,8H,4,6-7H2,1-3H3,(H2,12,13)(H,14,16). The minimum atomic E-state index is 0.0549. The molecule has 5 nitrogen and oxygen atoms in total. The van der Waals surface area contributed by atoms with Crippen LogP contribution in [0.2, 0.25) is 0 Å². The van der Waals surface area contributed by atoms with E-state index in [2.05, 4.69) is 15.2 Å². The smallest absolute Gasteiger partial charge is 0.234 e. The summed E-state index contributed by atoms with van der Waals surface area (Å²) in [5.41, 5.74) is 5.57. The highest BCUT2D eigenvalue weighted by Gasteiger charge is 2.11. The molecule has 1 aromatic rings. The Morgan fingerprint density at radius 1 is 1.65 bits per heavy atom. The van der Waals surface area contributed by atoms with E-state index in [0.717, 1.165) is 18.0 Å². The maximum atomic E-state index is 11.6. The van der Waals surface area contributed by atoms with Gasteiger partial charge in [-0.1, -0.05) is 6.92 Å². The van der Waals surface area contributed by atoms with E-state index in [1.807, 2.05) is 20.8 Å². The molecule has 0 fully saturated rings. The summed E-state index contributed by atoms with van der Waals surface area (Å²) in [6.07, 6.45) is 1.77. The predicted molar refractivity (Wildman–Crippen MR) is 70.8 cm³/mol. The van der Waals surface area contributed by atoms with Gasteiger partial charge < -0.3 is 11.1 Å². The number of amides is 1. The second-order valence-electron chi connectivity index (χ2n) is 4.19. The monoisotopic (exact) mass is 256 g/mol. The van der Waals surface area contributed by atoms with E-state index in [-0.39, 0.29) is 11.9 Å². The van der Waals surface area contributed by atoms with Crippen LogP contribution in [0.5, 0.6) is 0 Å². The Morgan fingerprint density at radius 2 is 2.35 bits per heavy atom. The summed E-state index contributed by atoms with van der Waals surface area (Å²) in [7, 11) is 0. The van der Waals surface area contributed by atoms with Crippen LogP contribution < -0.4 is 11.1 Å². The molecular weight excluding hydrogens is 236 g/mol. The van der Waals surface area contributed by atoms with Crippen molar-refractivity contribution in [1.82, 2.24) is 15.2 Å². The van der Waals surface area contributed by atoms with Crippen LogP contribution in [0.1, 0.15) is 25.6 Å². The SMILES string of the molecule is CCN(CC(=O)NC(C)C)Cc1cnc(N)s1. The number of likely N-dealkylation sites (N-methyl/N-ethyl adjacent to an activating group) is 1. The molecule has 96 valence electrons. The van der Waals surface area contributed by atoms with Crippen molar-refractivity contribution in [3.05, 3.63) is 11.1 Å². The number of nitrogens with two attached hydrogens (primary N) is 1. The quantitative estimate of drug-likeness (QED) is 0.798. The predicted octanol–water partition coefficient (Wildman–Crippen LogP) is 1.07. The van der Waals surface area contributed by atoms with Gasteiger partial charge in [0.25, 0.3) is 0 Å². The van der Waals surface area contributed by atoms with Crippen molar-refractivity contribution in [3.63, 3.8) is 0 Å². The van der Waals surface area contributed by atoms with E-state index in [4.69, 9.17) is 5.73 Å². The first-order chi connectivity index (χ1) is 8.01. The molecule has 3 N–H and O–H groups in total. The molecule has 1 rings (SSSR count). The topological polar surface area (TPSA) is 71.2 Å². The van der Waals surface area contributed by atoms with Crippen molar-refractivity contribution in [3.8, 4) is 0 Å². The van der Waals surface area contributed by atoms with Crippen LogP contribution in [0.3, 0.4) is 0 Å². The number of anilines is 1. The highest BCUT2D eigenvalue weighted by molar-refractivity contribution is 7.15. The van der Waals surface area contributed by atoms with Crippen molar-refractivity contribution >= 4 is 22.4 Å². The number of thiazole rings is 1. The number of nitrogens with one attached hydrogen (secondary N) is 1. The largest absolute Gasteiger partial charge is 0.375 e. The zero-order valence-corrected chi connectivity index (χ0v) is 11.4. The number of carbonyl (C=O) groups excluding carboxylic acids is 1. The minimum absolute atomic E-state index is 0.0549. The molecular formula is C11H20N4OS. The average Bonchev–Trinajstić information content (AvgIpc) is 2.61. The molecule has 6 heteroatoms. The molecule has 0 aliphatic carbocycles. The lowest BCUT2D eigenvalue weighted by atomic mass is 10.3. The van der Waals surface area contributed by atoms with Crippen molar-refractivity contribution < 1.29 is 4.79 Å². The van der Waals surface area contributed by atoms with Crippen LogP contribution in [-0.2, 0) is 11.3 Å². The summed E-state index contributed by atoms with van der Waals surface area (Å²) in [5, 5.41) is 3.45. The summed E-state index contributed by atoms with van der Waals surface area (Å²) in [6.45, 7) is 7.90. The highest BCUT2D eigenvalue weighted by atomic mass is 32.1. The third-order valence-electron chi connectivity index (χ3n) is 2.21. The van der Waals surface area contributed by atoms with E-state index in [1.54, 1.807) is 6.20 Å². The number of hydrogen-bond acceptors (Lipinski definition) is 5. The molecule has 0 aliphatic heterocycles. The Balaban J connectivity index is 2.46. The van der Waals surface area contributed by atoms with Crippen molar-refractivity contribution in [1.29, 1.82) is 0 Å². The van der Waals surface area contributed by atoms with E-state index in [0.29, 0.717) is 11.7 Å². The Bertz CT molecular complexity index is 364. The molecule has 0 saturated carbocycles. The van der Waals surface area contributed by atoms with Crippen molar-refractivity contribution in [2.45, 2.75) is 33.4 Å². The van der Waals surface area contributed by atoms with Gasteiger partial charge in [-0.15, -0.1) is 11.3 Å². The number of aromatic nitrogens is 1. The van der Waals surface area contributed by atoms with Crippen LogP contribution in [0, 0.1) is 0 Å². The highest BCUT2D eigenvalue weighted by Crippen LogP contribution is 2.16. The molecule has 0 atom stereocenters.